The van der Waals surface area contributed by atoms with Crippen LogP contribution in [0, 0.1) is 6.92 Å². The summed E-state index contributed by atoms with van der Waals surface area (Å²) in [5, 5.41) is 6.45. The second-order valence-corrected chi connectivity index (χ2v) is 7.72. The first-order valence-electron chi connectivity index (χ1n) is 10.7. The van der Waals surface area contributed by atoms with Crippen molar-refractivity contribution in [2.75, 3.05) is 12.4 Å². The van der Waals surface area contributed by atoms with Crippen molar-refractivity contribution in [2.24, 2.45) is 4.99 Å². The van der Waals surface area contributed by atoms with Gasteiger partial charge in [0, 0.05) is 41.0 Å². The van der Waals surface area contributed by atoms with E-state index in [1.807, 2.05) is 0 Å². The molecule has 2 heterocycles. The zero-order valence-electron chi connectivity index (χ0n) is 20.1. The Morgan fingerprint density at radius 1 is 1.03 bits per heavy atom. The third-order valence-electron chi connectivity index (χ3n) is 4.89. The van der Waals surface area contributed by atoms with Crippen LogP contribution in [-0.4, -0.2) is 32.7 Å². The maximum absolute atomic E-state index is 13.4. The minimum atomic E-state index is -4.71. The van der Waals surface area contributed by atoms with Gasteiger partial charge in [-0.1, -0.05) is 12.2 Å². The van der Waals surface area contributed by atoms with Gasteiger partial charge in [-0.15, -0.1) is 0 Å². The lowest BCUT2D eigenvalue weighted by molar-refractivity contribution is -0.141. The van der Waals surface area contributed by atoms with Crippen molar-refractivity contribution in [1.82, 2.24) is 19.7 Å². The molecule has 0 atom stereocenters. The Labute approximate surface area is 208 Å². The number of methoxy groups -OCH3 is 1. The number of anilines is 1. The fourth-order valence-corrected chi connectivity index (χ4v) is 3.30. The van der Waals surface area contributed by atoms with Crippen LogP contribution in [0.1, 0.15) is 36.4 Å². The predicted octanol–water partition coefficient (Wildman–Crippen LogP) is 6.46. The van der Waals surface area contributed by atoms with Crippen LogP contribution in [0.5, 0.6) is 5.75 Å². The quantitative estimate of drug-likeness (QED) is 0.173. The summed E-state index contributed by atoms with van der Waals surface area (Å²) in [4.78, 5) is 12.3. The number of alkyl halides is 6. The van der Waals surface area contributed by atoms with E-state index in [-0.39, 0.29) is 28.8 Å². The number of aliphatic imine (C=N–C) groups is 1. The largest absolute Gasteiger partial charge is 0.497 e. The van der Waals surface area contributed by atoms with Crippen LogP contribution in [0.3, 0.4) is 0 Å². The molecule has 2 aromatic heterocycles. The number of rotatable bonds is 6. The molecular weight excluding hydrogens is 502 g/mol. The summed E-state index contributed by atoms with van der Waals surface area (Å²) < 4.78 is 86.1. The zero-order chi connectivity index (χ0) is 27.4. The molecule has 3 rings (SSSR count). The first-order chi connectivity index (χ1) is 17.3. The Hall–Kier alpha value is -4.16. The van der Waals surface area contributed by atoms with Gasteiger partial charge in [0.15, 0.2) is 11.5 Å². The predicted molar refractivity (Wildman–Crippen MR) is 127 cm³/mol. The van der Waals surface area contributed by atoms with E-state index in [4.69, 9.17) is 4.74 Å². The van der Waals surface area contributed by atoms with Crippen LogP contribution in [0.15, 0.2) is 60.1 Å². The Morgan fingerprint density at radius 2 is 1.70 bits per heavy atom. The highest BCUT2D eigenvalue weighted by Crippen LogP contribution is 2.35. The summed E-state index contributed by atoms with van der Waals surface area (Å²) in [5.74, 6) is -0.0156. The van der Waals surface area contributed by atoms with Gasteiger partial charge in [0.25, 0.3) is 0 Å². The van der Waals surface area contributed by atoms with Crippen LogP contribution in [0.2, 0.25) is 0 Å². The van der Waals surface area contributed by atoms with Gasteiger partial charge in [0.2, 0.25) is 0 Å². The van der Waals surface area contributed by atoms with Gasteiger partial charge in [-0.05, 0) is 39.0 Å². The van der Waals surface area contributed by atoms with Crippen molar-refractivity contribution < 1.29 is 31.1 Å². The van der Waals surface area contributed by atoms with Gasteiger partial charge in [-0.3, -0.25) is 0 Å². The summed E-state index contributed by atoms with van der Waals surface area (Å²) in [5.41, 5.74) is -1.20. The molecule has 0 saturated carbocycles. The molecule has 1 aromatic carbocycles. The third-order valence-corrected chi connectivity index (χ3v) is 4.89. The zero-order valence-corrected chi connectivity index (χ0v) is 20.1. The second kappa shape index (κ2) is 10.8. The topological polar surface area (TPSA) is 77.2 Å². The molecular formula is C24H22F6N6O. The number of halogens is 6. The molecule has 0 amide bonds. The van der Waals surface area contributed by atoms with Gasteiger partial charge in [-0.25, -0.2) is 19.6 Å². The highest BCUT2D eigenvalue weighted by molar-refractivity contribution is 5.99. The molecule has 0 saturated heterocycles. The Balaban J connectivity index is 2.20. The first kappa shape index (κ1) is 27.4. The molecule has 0 aliphatic rings. The molecule has 37 heavy (non-hydrogen) atoms. The van der Waals surface area contributed by atoms with Gasteiger partial charge in [0.05, 0.1) is 12.7 Å². The molecule has 0 spiro atoms. The minimum absolute atomic E-state index is 0.0103. The van der Waals surface area contributed by atoms with Crippen LogP contribution in [0.4, 0.5) is 32.0 Å². The standard InChI is InChI=1S/C24H22F6N6O/c1-5-6-20(16-11-31-13-32-12-16)22(36-14(2)7-21(35-36)24(28,29)30)34-15(3)33-18-8-17(23(25,26)27)9-19(10-18)37-4/h5-13H,1-4H3,(H,33,34)/b6-5?,22-20-. The van der Waals surface area contributed by atoms with Crippen molar-refractivity contribution in [2.45, 2.75) is 33.1 Å². The Morgan fingerprint density at radius 3 is 2.24 bits per heavy atom. The fourth-order valence-electron chi connectivity index (χ4n) is 3.30. The maximum Gasteiger partial charge on any atom is 0.435 e. The Kier molecular flexibility index (Phi) is 8.04. The SMILES string of the molecule is CC=C/C(=C(\N=C(C)Nc1cc(OC)cc(C(F)(F)F)c1)n1nc(C(F)(F)F)cc1C)c1cncnc1. The molecule has 0 fully saturated rings. The van der Waals surface area contributed by atoms with Crippen LogP contribution < -0.4 is 10.1 Å². The van der Waals surface area contributed by atoms with Gasteiger partial charge < -0.3 is 10.1 Å². The van der Waals surface area contributed by atoms with Gasteiger partial charge >= 0.3 is 12.4 Å². The summed E-state index contributed by atoms with van der Waals surface area (Å²) in [7, 11) is 1.23. The lowest BCUT2D eigenvalue weighted by atomic mass is 10.1. The number of nitrogens with one attached hydrogen (secondary N) is 1. The first-order valence-corrected chi connectivity index (χ1v) is 10.7. The van der Waals surface area contributed by atoms with E-state index in [9.17, 15) is 26.3 Å². The number of aryl methyl sites for hydroxylation is 1. The average Bonchev–Trinajstić information content (AvgIpc) is 3.23. The van der Waals surface area contributed by atoms with Crippen molar-refractivity contribution in [3.8, 4) is 5.75 Å². The molecule has 0 bridgehead atoms. The fraction of sp³-hybridized carbons (Fsp3) is 0.250. The smallest absolute Gasteiger partial charge is 0.435 e. The highest BCUT2D eigenvalue weighted by Gasteiger charge is 2.35. The lowest BCUT2D eigenvalue weighted by Gasteiger charge is -2.15. The summed E-state index contributed by atoms with van der Waals surface area (Å²) in [6, 6.07) is 3.90. The number of hydrogen-bond donors (Lipinski definition) is 1. The molecule has 0 radical (unpaired) electrons. The van der Waals surface area contributed by atoms with E-state index in [1.165, 1.54) is 45.7 Å². The molecule has 196 valence electrons. The van der Waals surface area contributed by atoms with Crippen molar-refractivity contribution in [3.63, 3.8) is 0 Å². The molecule has 1 N–H and O–H groups in total. The lowest BCUT2D eigenvalue weighted by Crippen LogP contribution is -2.13. The number of benzene rings is 1. The van der Waals surface area contributed by atoms with Crippen LogP contribution >= 0.6 is 0 Å². The number of ether oxygens (including phenoxy) is 1. The van der Waals surface area contributed by atoms with E-state index < -0.39 is 23.6 Å². The molecule has 13 heteroatoms. The molecule has 3 aromatic rings. The summed E-state index contributed by atoms with van der Waals surface area (Å²) in [6.45, 7) is 4.57. The van der Waals surface area contributed by atoms with E-state index in [0.717, 1.165) is 22.9 Å². The second-order valence-electron chi connectivity index (χ2n) is 7.72. The maximum atomic E-state index is 13.4. The Bertz CT molecular complexity index is 1340. The average molecular weight is 524 g/mol. The molecule has 0 aliphatic heterocycles. The number of hydrogen-bond acceptors (Lipinski definition) is 5. The summed E-state index contributed by atoms with van der Waals surface area (Å²) in [6.07, 6.45) is -1.93. The highest BCUT2D eigenvalue weighted by atomic mass is 19.4. The van der Waals surface area contributed by atoms with E-state index in [1.54, 1.807) is 19.1 Å². The van der Waals surface area contributed by atoms with E-state index in [0.29, 0.717) is 11.1 Å². The van der Waals surface area contributed by atoms with Crippen molar-refractivity contribution in [1.29, 1.82) is 0 Å². The summed E-state index contributed by atoms with van der Waals surface area (Å²) >= 11 is 0. The molecule has 7 nitrogen and oxygen atoms in total. The number of aromatic nitrogens is 4. The minimum Gasteiger partial charge on any atom is -0.497 e. The van der Waals surface area contributed by atoms with Crippen LogP contribution in [0.25, 0.3) is 11.4 Å². The van der Waals surface area contributed by atoms with Crippen molar-refractivity contribution in [3.05, 3.63) is 77.7 Å². The molecule has 0 unspecified atom stereocenters. The van der Waals surface area contributed by atoms with E-state index >= 15 is 0 Å². The monoisotopic (exact) mass is 524 g/mol. The molecule has 0 aliphatic carbocycles. The third kappa shape index (κ3) is 6.74. The number of nitrogens with zero attached hydrogens (tertiary/aromatic N) is 5. The van der Waals surface area contributed by atoms with Crippen molar-refractivity contribution >= 4 is 22.9 Å². The van der Waals surface area contributed by atoms with Crippen LogP contribution in [-0.2, 0) is 12.4 Å². The van der Waals surface area contributed by atoms with E-state index in [2.05, 4.69) is 25.4 Å². The number of allylic oxidation sites excluding steroid dienone is 3. The van der Waals surface area contributed by atoms with Gasteiger partial charge in [-0.2, -0.15) is 31.4 Å². The normalized spacial score (nSPS) is 13.6. The number of amidine groups is 1. The van der Waals surface area contributed by atoms with Gasteiger partial charge in [0.1, 0.15) is 17.9 Å².